The molecule has 0 radical (unpaired) electrons. The molecule has 1 aromatic rings. The molecule has 6 nitrogen and oxygen atoms in total. The number of Topliss-reactive ketones (excluding diaryl/α,β-unsaturated/α-hetero) is 1. The smallest absolute Gasteiger partial charge is 0.340 e. The first-order valence-electron chi connectivity index (χ1n) is 7.94. The van der Waals surface area contributed by atoms with E-state index in [4.69, 9.17) is 19.9 Å². The van der Waals surface area contributed by atoms with E-state index in [1.807, 2.05) is 12.1 Å². The van der Waals surface area contributed by atoms with E-state index in [1.54, 1.807) is 0 Å². The first kappa shape index (κ1) is 19.0. The van der Waals surface area contributed by atoms with Crippen molar-refractivity contribution < 1.29 is 23.8 Å². The van der Waals surface area contributed by atoms with E-state index in [1.165, 1.54) is 14.2 Å². The van der Waals surface area contributed by atoms with Gasteiger partial charge in [-0.3, -0.25) is 4.79 Å². The molecular formula is C18H17Br2NO5. The topological polar surface area (TPSA) is 87.9 Å². The van der Waals surface area contributed by atoms with Crippen LogP contribution in [-0.2, 0) is 19.1 Å². The van der Waals surface area contributed by atoms with Crippen LogP contribution in [0.3, 0.4) is 0 Å². The quantitative estimate of drug-likeness (QED) is 0.655. The molecule has 1 heterocycles. The predicted molar refractivity (Wildman–Crippen MR) is 101 cm³/mol. The Labute approximate surface area is 167 Å². The third-order valence-corrected chi connectivity index (χ3v) is 5.49. The SMILES string of the molecule is COC(=O)C1=C(N)OC2=C(C(=O)CCC2)[C@H]1c1cc(Br)cc(Br)c1OC. The van der Waals surface area contributed by atoms with Crippen molar-refractivity contribution in [3.63, 3.8) is 0 Å². The molecule has 8 heteroatoms. The molecule has 0 spiro atoms. The fraction of sp³-hybridized carbons (Fsp3) is 0.333. The van der Waals surface area contributed by atoms with Gasteiger partial charge >= 0.3 is 5.97 Å². The fourth-order valence-corrected chi connectivity index (χ4v) is 4.81. The summed E-state index contributed by atoms with van der Waals surface area (Å²) < 4.78 is 17.5. The Kier molecular flexibility index (Phi) is 5.43. The zero-order valence-corrected chi connectivity index (χ0v) is 17.4. The van der Waals surface area contributed by atoms with Crippen LogP contribution in [0.15, 0.2) is 43.9 Å². The van der Waals surface area contributed by atoms with E-state index in [0.717, 1.165) is 4.47 Å². The van der Waals surface area contributed by atoms with Crippen LogP contribution in [0.2, 0.25) is 0 Å². The van der Waals surface area contributed by atoms with Crippen molar-refractivity contribution in [1.29, 1.82) is 0 Å². The minimum atomic E-state index is -0.720. The van der Waals surface area contributed by atoms with Crippen LogP contribution in [0.25, 0.3) is 0 Å². The first-order chi connectivity index (χ1) is 12.4. The number of benzene rings is 1. The first-order valence-corrected chi connectivity index (χ1v) is 9.52. The second kappa shape index (κ2) is 7.44. The highest BCUT2D eigenvalue weighted by molar-refractivity contribution is 9.11. The molecule has 0 saturated carbocycles. The fourth-order valence-electron chi connectivity index (χ4n) is 3.39. The Hall–Kier alpha value is -1.80. The maximum absolute atomic E-state index is 12.7. The van der Waals surface area contributed by atoms with E-state index in [9.17, 15) is 9.59 Å². The number of halogens is 2. The molecule has 0 amide bonds. The average molecular weight is 487 g/mol. The number of rotatable bonds is 3. The predicted octanol–water partition coefficient (Wildman–Crippen LogP) is 3.68. The number of ketones is 1. The molecule has 3 rings (SSSR count). The molecular weight excluding hydrogens is 470 g/mol. The summed E-state index contributed by atoms with van der Waals surface area (Å²) in [5.74, 6) is -0.454. The van der Waals surface area contributed by atoms with Gasteiger partial charge in [-0.2, -0.15) is 0 Å². The van der Waals surface area contributed by atoms with Gasteiger partial charge in [-0.15, -0.1) is 0 Å². The molecule has 26 heavy (non-hydrogen) atoms. The van der Waals surface area contributed by atoms with E-state index in [0.29, 0.717) is 46.4 Å². The molecule has 0 saturated heterocycles. The number of hydrogen-bond donors (Lipinski definition) is 1. The lowest BCUT2D eigenvalue weighted by molar-refractivity contribution is -0.136. The van der Waals surface area contributed by atoms with Gasteiger partial charge in [0.1, 0.15) is 17.1 Å². The minimum Gasteiger partial charge on any atom is -0.495 e. The van der Waals surface area contributed by atoms with Crippen molar-refractivity contribution in [1.82, 2.24) is 0 Å². The Morgan fingerprint density at radius 2 is 2.00 bits per heavy atom. The van der Waals surface area contributed by atoms with Crippen LogP contribution in [0.5, 0.6) is 5.75 Å². The molecule has 0 aromatic heterocycles. The third kappa shape index (κ3) is 3.16. The molecule has 1 aromatic carbocycles. The number of nitrogens with two attached hydrogens (primary N) is 1. The van der Waals surface area contributed by atoms with Crippen molar-refractivity contribution in [2.24, 2.45) is 5.73 Å². The lowest BCUT2D eigenvalue weighted by Gasteiger charge is -2.33. The van der Waals surface area contributed by atoms with Crippen LogP contribution < -0.4 is 10.5 Å². The summed E-state index contributed by atoms with van der Waals surface area (Å²) in [7, 11) is 2.79. The van der Waals surface area contributed by atoms with Gasteiger partial charge in [0.2, 0.25) is 5.88 Å². The van der Waals surface area contributed by atoms with Gasteiger partial charge in [-0.05, 0) is 34.5 Å². The Morgan fingerprint density at radius 3 is 2.65 bits per heavy atom. The van der Waals surface area contributed by atoms with Gasteiger partial charge in [0.15, 0.2) is 5.78 Å². The maximum atomic E-state index is 12.7. The summed E-state index contributed by atoms with van der Waals surface area (Å²) in [5.41, 5.74) is 7.22. The highest BCUT2D eigenvalue weighted by Crippen LogP contribution is 2.48. The summed E-state index contributed by atoms with van der Waals surface area (Å²) in [6, 6.07) is 3.63. The lowest BCUT2D eigenvalue weighted by atomic mass is 9.77. The van der Waals surface area contributed by atoms with Crippen molar-refractivity contribution in [2.45, 2.75) is 25.2 Å². The second-order valence-electron chi connectivity index (χ2n) is 5.93. The van der Waals surface area contributed by atoms with Gasteiger partial charge in [0.05, 0.1) is 24.6 Å². The molecule has 1 aliphatic carbocycles. The zero-order valence-electron chi connectivity index (χ0n) is 14.2. The van der Waals surface area contributed by atoms with Gasteiger partial charge < -0.3 is 19.9 Å². The molecule has 138 valence electrons. The summed E-state index contributed by atoms with van der Waals surface area (Å²) in [6.45, 7) is 0. The van der Waals surface area contributed by atoms with Crippen LogP contribution in [0, 0.1) is 0 Å². The Morgan fingerprint density at radius 1 is 1.27 bits per heavy atom. The number of allylic oxidation sites excluding steroid dienone is 2. The highest BCUT2D eigenvalue weighted by Gasteiger charge is 2.42. The van der Waals surface area contributed by atoms with Gasteiger partial charge in [-0.25, -0.2) is 4.79 Å². The number of carbonyl (C=O) groups excluding carboxylic acids is 2. The maximum Gasteiger partial charge on any atom is 0.340 e. The molecule has 2 N–H and O–H groups in total. The monoisotopic (exact) mass is 485 g/mol. The largest absolute Gasteiger partial charge is 0.495 e. The zero-order chi connectivity index (χ0) is 19.0. The Bertz CT molecular complexity index is 859. The highest BCUT2D eigenvalue weighted by atomic mass is 79.9. The van der Waals surface area contributed by atoms with Crippen LogP contribution >= 0.6 is 31.9 Å². The summed E-state index contributed by atoms with van der Waals surface area (Å²) >= 11 is 6.92. The van der Waals surface area contributed by atoms with E-state index in [2.05, 4.69) is 31.9 Å². The minimum absolute atomic E-state index is 0.0477. The summed E-state index contributed by atoms with van der Waals surface area (Å²) in [5, 5.41) is 0. The van der Waals surface area contributed by atoms with Crippen molar-refractivity contribution in [3.05, 3.63) is 49.4 Å². The number of carbonyl (C=O) groups is 2. The van der Waals surface area contributed by atoms with Gasteiger partial charge in [0.25, 0.3) is 0 Å². The van der Waals surface area contributed by atoms with Crippen LogP contribution in [-0.4, -0.2) is 26.0 Å². The van der Waals surface area contributed by atoms with E-state index >= 15 is 0 Å². The molecule has 0 unspecified atom stereocenters. The molecule has 1 atom stereocenters. The number of esters is 1. The second-order valence-corrected chi connectivity index (χ2v) is 7.70. The molecule has 0 fully saturated rings. The van der Waals surface area contributed by atoms with Crippen LogP contribution in [0.1, 0.15) is 30.7 Å². The summed E-state index contributed by atoms with van der Waals surface area (Å²) in [4.78, 5) is 25.2. The molecule has 1 aliphatic heterocycles. The van der Waals surface area contributed by atoms with Gasteiger partial charge in [0, 0.05) is 28.5 Å². The Balaban J connectivity index is 2.31. The standard InChI is InChI=1S/C18H17Br2NO5/c1-24-16-9(6-8(19)7-10(16)20)13-14-11(22)4-3-5-12(14)26-17(21)15(13)18(23)25-2/h6-7,13H,3-5,21H2,1-2H3/t13-/m1/s1. The van der Waals surface area contributed by atoms with Gasteiger partial charge in [-0.1, -0.05) is 15.9 Å². The van der Waals surface area contributed by atoms with E-state index < -0.39 is 11.9 Å². The van der Waals surface area contributed by atoms with E-state index in [-0.39, 0.29) is 17.2 Å². The van der Waals surface area contributed by atoms with Crippen molar-refractivity contribution in [3.8, 4) is 5.75 Å². The van der Waals surface area contributed by atoms with Crippen molar-refractivity contribution >= 4 is 43.6 Å². The van der Waals surface area contributed by atoms with Crippen LogP contribution in [0.4, 0.5) is 0 Å². The lowest BCUT2D eigenvalue weighted by Crippen LogP contribution is -2.31. The number of ether oxygens (including phenoxy) is 3. The molecule has 0 bridgehead atoms. The van der Waals surface area contributed by atoms with Crippen molar-refractivity contribution in [2.75, 3.05) is 14.2 Å². The third-order valence-electron chi connectivity index (χ3n) is 4.44. The number of hydrogen-bond acceptors (Lipinski definition) is 6. The number of methoxy groups -OCH3 is 2. The normalized spacial score (nSPS) is 19.8. The summed E-state index contributed by atoms with van der Waals surface area (Å²) in [6.07, 6.45) is 1.67. The molecule has 2 aliphatic rings. The average Bonchev–Trinajstić information content (AvgIpc) is 2.59.